The number of unbranched alkanes of at least 4 members (excludes halogenated alkanes) is 1. The molecule has 7 nitrogen and oxygen atoms in total. The predicted octanol–water partition coefficient (Wildman–Crippen LogP) is 5.23. The number of benzene rings is 2. The molecule has 2 rings (SSSR count). The molecule has 0 saturated heterocycles. The van der Waals surface area contributed by atoms with Gasteiger partial charge in [0, 0.05) is 31.1 Å². The van der Waals surface area contributed by atoms with E-state index in [1.165, 1.54) is 10.6 Å². The highest BCUT2D eigenvalue weighted by molar-refractivity contribution is 7.92. The first kappa shape index (κ1) is 30.6. The Kier molecular flexibility index (Phi) is 11.9. The number of aryl methyl sites for hydroxylation is 2. The van der Waals surface area contributed by atoms with E-state index in [0.717, 1.165) is 29.5 Å². The summed E-state index contributed by atoms with van der Waals surface area (Å²) in [7, 11) is -3.55. The van der Waals surface area contributed by atoms with Gasteiger partial charge in [-0.25, -0.2) is 8.42 Å². The minimum Gasteiger partial charge on any atom is -0.354 e. The molecule has 37 heavy (non-hydrogen) atoms. The van der Waals surface area contributed by atoms with Crippen molar-refractivity contribution in [3.05, 3.63) is 64.2 Å². The molecule has 0 spiro atoms. The van der Waals surface area contributed by atoms with Gasteiger partial charge < -0.3 is 10.2 Å². The number of amides is 2. The summed E-state index contributed by atoms with van der Waals surface area (Å²) >= 11 is 6.38. The van der Waals surface area contributed by atoms with Crippen LogP contribution < -0.4 is 9.62 Å². The maximum absolute atomic E-state index is 13.5. The summed E-state index contributed by atoms with van der Waals surface area (Å²) in [6.07, 6.45) is 3.85. The summed E-state index contributed by atoms with van der Waals surface area (Å²) < 4.78 is 26.6. The van der Waals surface area contributed by atoms with E-state index in [0.29, 0.717) is 30.1 Å². The monoisotopic (exact) mass is 549 g/mol. The molecular weight excluding hydrogens is 510 g/mol. The lowest BCUT2D eigenvalue weighted by molar-refractivity contribution is -0.141. The molecule has 0 radical (unpaired) electrons. The van der Waals surface area contributed by atoms with E-state index in [2.05, 4.69) is 12.2 Å². The summed E-state index contributed by atoms with van der Waals surface area (Å²) in [6, 6.07) is 12.3. The lowest BCUT2D eigenvalue weighted by Gasteiger charge is -2.31. The first-order valence-electron chi connectivity index (χ1n) is 12.8. The van der Waals surface area contributed by atoms with Gasteiger partial charge in [-0.05, 0) is 61.9 Å². The zero-order valence-corrected chi connectivity index (χ0v) is 24.2. The van der Waals surface area contributed by atoms with E-state index >= 15 is 0 Å². The lowest BCUT2D eigenvalue weighted by atomic mass is 10.1. The number of sulfonamides is 1. The minimum absolute atomic E-state index is 0.0973. The maximum atomic E-state index is 13.5. The Morgan fingerprint density at radius 1 is 1.05 bits per heavy atom. The molecule has 0 aliphatic rings. The topological polar surface area (TPSA) is 86.8 Å². The van der Waals surface area contributed by atoms with E-state index in [1.54, 1.807) is 11.0 Å². The van der Waals surface area contributed by atoms with Crippen LogP contribution in [0.25, 0.3) is 0 Å². The van der Waals surface area contributed by atoms with Gasteiger partial charge in [0.2, 0.25) is 21.8 Å². The Morgan fingerprint density at radius 2 is 1.76 bits per heavy atom. The zero-order chi connectivity index (χ0) is 27.6. The van der Waals surface area contributed by atoms with Gasteiger partial charge in [0.15, 0.2) is 0 Å². The molecule has 1 N–H and O–H groups in total. The van der Waals surface area contributed by atoms with Gasteiger partial charge >= 0.3 is 0 Å². The SMILES string of the molecule is CCCCNC(=O)[C@H](CC)N(Cc1ccccc1Cl)C(=O)CCCN(c1cc(C)ccc1C)S(C)(=O)=O. The number of carbonyl (C=O) groups is 2. The second kappa shape index (κ2) is 14.4. The highest BCUT2D eigenvalue weighted by Gasteiger charge is 2.29. The third kappa shape index (κ3) is 9.04. The van der Waals surface area contributed by atoms with Crippen LogP contribution in [-0.4, -0.2) is 50.5 Å². The van der Waals surface area contributed by atoms with E-state index in [-0.39, 0.29) is 31.3 Å². The predicted molar refractivity (Wildman–Crippen MR) is 151 cm³/mol. The van der Waals surface area contributed by atoms with Crippen molar-refractivity contribution in [2.45, 2.75) is 72.4 Å². The van der Waals surface area contributed by atoms with E-state index in [4.69, 9.17) is 11.6 Å². The molecule has 0 aromatic heterocycles. The van der Waals surface area contributed by atoms with Crippen molar-refractivity contribution in [2.75, 3.05) is 23.7 Å². The second-order valence-corrected chi connectivity index (χ2v) is 11.7. The van der Waals surface area contributed by atoms with Crippen LogP contribution in [0.5, 0.6) is 0 Å². The highest BCUT2D eigenvalue weighted by Crippen LogP contribution is 2.25. The van der Waals surface area contributed by atoms with Crippen LogP contribution in [0.3, 0.4) is 0 Å². The molecule has 2 aromatic rings. The first-order chi connectivity index (χ1) is 17.5. The fraction of sp³-hybridized carbons (Fsp3) is 0.500. The van der Waals surface area contributed by atoms with Crippen molar-refractivity contribution in [1.82, 2.24) is 10.2 Å². The largest absolute Gasteiger partial charge is 0.354 e. The number of halogens is 1. The van der Waals surface area contributed by atoms with Crippen LogP contribution >= 0.6 is 11.6 Å². The number of nitrogens with one attached hydrogen (secondary N) is 1. The Hall–Kier alpha value is -2.58. The quantitative estimate of drug-likeness (QED) is 0.327. The van der Waals surface area contributed by atoms with Crippen LogP contribution in [0, 0.1) is 13.8 Å². The Bertz CT molecular complexity index is 1170. The van der Waals surface area contributed by atoms with E-state index in [1.807, 2.05) is 57.2 Å². The highest BCUT2D eigenvalue weighted by atomic mass is 35.5. The van der Waals surface area contributed by atoms with Crippen molar-refractivity contribution in [1.29, 1.82) is 0 Å². The molecule has 0 fully saturated rings. The van der Waals surface area contributed by atoms with Crippen LogP contribution in [0.1, 0.15) is 62.6 Å². The van der Waals surface area contributed by atoms with Gasteiger partial charge in [0.05, 0.1) is 11.9 Å². The van der Waals surface area contributed by atoms with Crippen molar-refractivity contribution < 1.29 is 18.0 Å². The molecule has 0 heterocycles. The molecule has 2 amide bonds. The summed E-state index contributed by atoms with van der Waals surface area (Å²) in [5, 5.41) is 3.47. The summed E-state index contributed by atoms with van der Waals surface area (Å²) in [5.74, 6) is -0.406. The Labute approximate surface area is 227 Å². The van der Waals surface area contributed by atoms with Gasteiger partial charge in [0.25, 0.3) is 0 Å². The number of hydrogen-bond acceptors (Lipinski definition) is 4. The fourth-order valence-corrected chi connectivity index (χ4v) is 5.42. The summed E-state index contributed by atoms with van der Waals surface area (Å²) in [4.78, 5) is 28.1. The number of rotatable bonds is 14. The minimum atomic E-state index is -3.55. The first-order valence-corrected chi connectivity index (χ1v) is 15.1. The van der Waals surface area contributed by atoms with Crippen LogP contribution in [-0.2, 0) is 26.2 Å². The molecule has 0 saturated carbocycles. The Morgan fingerprint density at radius 3 is 2.38 bits per heavy atom. The van der Waals surface area contributed by atoms with E-state index in [9.17, 15) is 18.0 Å². The van der Waals surface area contributed by atoms with Gasteiger partial charge in [-0.2, -0.15) is 0 Å². The molecule has 0 aliphatic heterocycles. The van der Waals surface area contributed by atoms with Gasteiger partial charge in [-0.1, -0.05) is 62.2 Å². The van der Waals surface area contributed by atoms with Crippen LogP contribution in [0.2, 0.25) is 5.02 Å². The molecule has 2 aromatic carbocycles. The smallest absolute Gasteiger partial charge is 0.242 e. The normalized spacial score (nSPS) is 12.2. The van der Waals surface area contributed by atoms with Crippen molar-refractivity contribution in [3.8, 4) is 0 Å². The van der Waals surface area contributed by atoms with Gasteiger partial charge in [0.1, 0.15) is 6.04 Å². The molecule has 0 unspecified atom stereocenters. The number of hydrogen-bond donors (Lipinski definition) is 1. The molecular formula is C28H40ClN3O4S. The molecule has 204 valence electrons. The summed E-state index contributed by atoms with van der Waals surface area (Å²) in [5.41, 5.74) is 3.17. The lowest BCUT2D eigenvalue weighted by Crippen LogP contribution is -2.49. The number of anilines is 1. The maximum Gasteiger partial charge on any atom is 0.242 e. The summed E-state index contributed by atoms with van der Waals surface area (Å²) in [6.45, 7) is 8.62. The Balaban J connectivity index is 2.24. The zero-order valence-electron chi connectivity index (χ0n) is 22.6. The molecule has 9 heteroatoms. The second-order valence-electron chi connectivity index (χ2n) is 9.41. The number of carbonyl (C=O) groups excluding carboxylic acids is 2. The van der Waals surface area contributed by atoms with E-state index < -0.39 is 16.1 Å². The average molecular weight is 550 g/mol. The molecule has 1 atom stereocenters. The number of nitrogens with zero attached hydrogens (tertiary/aromatic N) is 2. The van der Waals surface area contributed by atoms with Gasteiger partial charge in [-0.3, -0.25) is 13.9 Å². The standard InChI is InChI=1S/C28H40ClN3O4S/c1-6-8-17-30-28(34)25(7-2)31(20-23-12-9-10-13-24(23)29)27(33)14-11-18-32(37(5,35)36)26-19-21(3)15-16-22(26)4/h9-10,12-13,15-16,19,25H,6-8,11,14,17-18,20H2,1-5H3,(H,30,34)/t25-/m0/s1. The van der Waals surface area contributed by atoms with Crippen molar-refractivity contribution in [2.24, 2.45) is 0 Å². The molecule has 0 aliphatic carbocycles. The van der Waals surface area contributed by atoms with Crippen LogP contribution in [0.4, 0.5) is 5.69 Å². The third-order valence-electron chi connectivity index (χ3n) is 6.30. The third-order valence-corrected chi connectivity index (χ3v) is 7.85. The van der Waals surface area contributed by atoms with Crippen molar-refractivity contribution in [3.63, 3.8) is 0 Å². The fourth-order valence-electron chi connectivity index (χ4n) is 4.21. The van der Waals surface area contributed by atoms with Gasteiger partial charge in [-0.15, -0.1) is 0 Å². The van der Waals surface area contributed by atoms with Crippen molar-refractivity contribution >= 4 is 39.1 Å². The van der Waals surface area contributed by atoms with Crippen LogP contribution in [0.15, 0.2) is 42.5 Å². The molecule has 0 bridgehead atoms. The average Bonchev–Trinajstić information content (AvgIpc) is 2.84.